The molecule has 1 saturated heterocycles. The van der Waals surface area contributed by atoms with Gasteiger partial charge in [-0.15, -0.1) is 5.10 Å². The van der Waals surface area contributed by atoms with Crippen LogP contribution in [0.2, 0.25) is 0 Å². The van der Waals surface area contributed by atoms with E-state index in [-0.39, 0.29) is 5.56 Å². The van der Waals surface area contributed by atoms with Gasteiger partial charge >= 0.3 is 0 Å². The zero-order chi connectivity index (χ0) is 21.5. The molecule has 0 saturated carbocycles. The van der Waals surface area contributed by atoms with Gasteiger partial charge in [-0.3, -0.25) is 14.1 Å². The normalized spacial score (nSPS) is 15.8. The maximum Gasteiger partial charge on any atom is 0.267 e. The van der Waals surface area contributed by atoms with Crippen molar-refractivity contribution in [2.45, 2.75) is 39.8 Å². The Morgan fingerprint density at radius 1 is 1.06 bits per heavy atom. The molecule has 2 aromatic carbocycles. The lowest BCUT2D eigenvalue weighted by Gasteiger charge is -2.29. The van der Waals surface area contributed by atoms with Crippen LogP contribution in [0, 0.1) is 10.7 Å². The summed E-state index contributed by atoms with van der Waals surface area (Å²) >= 11 is 5.86. The van der Waals surface area contributed by atoms with Gasteiger partial charge in [-0.1, -0.05) is 38.1 Å². The zero-order valence-electron chi connectivity index (χ0n) is 18.0. The Kier molecular flexibility index (Phi) is 5.24. The largest absolute Gasteiger partial charge is 0.284 e. The molecule has 5 rings (SSSR count). The first kappa shape index (κ1) is 20.2. The van der Waals surface area contributed by atoms with Crippen molar-refractivity contribution in [2.75, 3.05) is 13.1 Å². The summed E-state index contributed by atoms with van der Waals surface area (Å²) in [5.74, 6) is 1.33. The first-order valence-corrected chi connectivity index (χ1v) is 11.4. The van der Waals surface area contributed by atoms with Crippen LogP contribution in [0.25, 0.3) is 22.4 Å². The van der Waals surface area contributed by atoms with Crippen LogP contribution in [0.1, 0.15) is 32.3 Å². The molecule has 0 aliphatic carbocycles. The molecule has 2 aromatic heterocycles. The van der Waals surface area contributed by atoms with Crippen LogP contribution >= 0.6 is 12.2 Å². The van der Waals surface area contributed by atoms with Gasteiger partial charge in [0, 0.05) is 13.1 Å². The Balaban J connectivity index is 1.72. The van der Waals surface area contributed by atoms with E-state index in [4.69, 9.17) is 17.3 Å². The van der Waals surface area contributed by atoms with E-state index in [1.807, 2.05) is 45.5 Å². The van der Waals surface area contributed by atoms with Crippen molar-refractivity contribution in [3.63, 3.8) is 0 Å². The van der Waals surface area contributed by atoms with E-state index in [9.17, 15) is 4.79 Å². The highest BCUT2D eigenvalue weighted by atomic mass is 32.1. The van der Waals surface area contributed by atoms with Gasteiger partial charge in [-0.25, -0.2) is 9.25 Å². The first-order valence-electron chi connectivity index (χ1n) is 11.0. The van der Waals surface area contributed by atoms with Crippen molar-refractivity contribution in [3.8, 4) is 5.69 Å². The van der Waals surface area contributed by atoms with Crippen molar-refractivity contribution < 1.29 is 0 Å². The van der Waals surface area contributed by atoms with Gasteiger partial charge in [-0.2, -0.15) is 0 Å². The second-order valence-corrected chi connectivity index (χ2v) is 8.90. The third kappa shape index (κ3) is 3.51. The van der Waals surface area contributed by atoms with Gasteiger partial charge in [0.2, 0.25) is 10.5 Å². The molecule has 4 aromatic rings. The summed E-state index contributed by atoms with van der Waals surface area (Å²) in [7, 11) is 0. The molecule has 0 unspecified atom stereocenters. The fourth-order valence-electron chi connectivity index (χ4n) is 4.41. The summed E-state index contributed by atoms with van der Waals surface area (Å²) in [6.07, 6.45) is 3.34. The lowest BCUT2D eigenvalue weighted by molar-refractivity contribution is 0.146. The molecule has 3 heterocycles. The third-order valence-corrected chi connectivity index (χ3v) is 6.81. The van der Waals surface area contributed by atoms with Crippen molar-refractivity contribution in [1.29, 1.82) is 0 Å². The smallest absolute Gasteiger partial charge is 0.267 e. The molecule has 0 spiro atoms. The Morgan fingerprint density at radius 2 is 1.77 bits per heavy atom. The number of aromatic nitrogens is 4. The van der Waals surface area contributed by atoms with Crippen molar-refractivity contribution in [1.82, 2.24) is 23.6 Å². The molecule has 1 aliphatic heterocycles. The fraction of sp³-hybridized carbons (Fsp3) is 0.375. The van der Waals surface area contributed by atoms with Gasteiger partial charge in [0.05, 0.1) is 23.3 Å². The molecule has 160 valence electrons. The second-order valence-electron chi connectivity index (χ2n) is 8.54. The number of hydrogen-bond acceptors (Lipinski definition) is 4. The highest BCUT2D eigenvalue weighted by molar-refractivity contribution is 7.71. The molecule has 6 nitrogen and oxygen atoms in total. The molecule has 0 bridgehead atoms. The van der Waals surface area contributed by atoms with E-state index < -0.39 is 0 Å². The van der Waals surface area contributed by atoms with Crippen LogP contribution in [0.4, 0.5) is 0 Å². The highest BCUT2D eigenvalue weighted by Crippen LogP contribution is 2.20. The van der Waals surface area contributed by atoms with Crippen LogP contribution in [0.3, 0.4) is 0 Å². The number of hydrogen-bond donors (Lipinski definition) is 0. The molecule has 1 aliphatic rings. The first-order chi connectivity index (χ1) is 15.1. The van der Waals surface area contributed by atoms with Crippen molar-refractivity contribution >= 4 is 28.9 Å². The molecule has 1 fully saturated rings. The molecular weight excluding hydrogens is 406 g/mol. The van der Waals surface area contributed by atoms with Crippen LogP contribution in [0.5, 0.6) is 0 Å². The zero-order valence-corrected chi connectivity index (χ0v) is 18.8. The molecule has 0 atom stereocenters. The van der Waals surface area contributed by atoms with E-state index in [0.29, 0.717) is 22.6 Å². The van der Waals surface area contributed by atoms with E-state index in [1.165, 1.54) is 18.4 Å². The van der Waals surface area contributed by atoms with E-state index in [0.717, 1.165) is 36.6 Å². The van der Waals surface area contributed by atoms with Crippen LogP contribution in [-0.2, 0) is 13.1 Å². The standard InChI is InChI=1S/C24H27N5OS/c1-3-18-8-10-19(11-9-18)28-22(30)20-6-4-5-7-21(20)29-23(28)25-27(24(29)31)16-26-14-12-17(2)13-15-26/h4-11,17H,3,12-16H2,1-2H3. The van der Waals surface area contributed by atoms with E-state index >= 15 is 0 Å². The van der Waals surface area contributed by atoms with Crippen molar-refractivity contribution in [3.05, 3.63) is 69.2 Å². The summed E-state index contributed by atoms with van der Waals surface area (Å²) in [6.45, 7) is 7.16. The third-order valence-electron chi connectivity index (χ3n) is 6.41. The SMILES string of the molecule is CCc1ccc(-n2c(=O)c3ccccc3n3c(=S)n(CN4CCC(C)CC4)nc23)cc1. The van der Waals surface area contributed by atoms with Gasteiger partial charge in [-0.05, 0) is 67.2 Å². The lowest BCUT2D eigenvalue weighted by atomic mass is 10.00. The van der Waals surface area contributed by atoms with Gasteiger partial charge in [0.15, 0.2) is 0 Å². The predicted molar refractivity (Wildman–Crippen MR) is 126 cm³/mol. The number of benzene rings is 2. The number of rotatable bonds is 4. The predicted octanol–water partition coefficient (Wildman–Crippen LogP) is 4.42. The summed E-state index contributed by atoms with van der Waals surface area (Å²) in [6, 6.07) is 15.7. The minimum Gasteiger partial charge on any atom is -0.284 e. The van der Waals surface area contributed by atoms with Gasteiger partial charge < -0.3 is 0 Å². The number of aryl methyl sites for hydroxylation is 1. The number of para-hydroxylation sites is 1. The monoisotopic (exact) mass is 433 g/mol. The summed E-state index contributed by atoms with van der Waals surface area (Å²) < 4.78 is 6.10. The van der Waals surface area contributed by atoms with E-state index in [2.05, 4.69) is 30.9 Å². The second kappa shape index (κ2) is 8.05. The number of likely N-dealkylation sites (tertiary alicyclic amines) is 1. The van der Waals surface area contributed by atoms with Crippen LogP contribution in [-0.4, -0.2) is 36.7 Å². The lowest BCUT2D eigenvalue weighted by Crippen LogP contribution is -2.34. The maximum atomic E-state index is 13.5. The topological polar surface area (TPSA) is 47.5 Å². The summed E-state index contributed by atoms with van der Waals surface area (Å²) in [5.41, 5.74) is 2.76. The number of piperidine rings is 1. The Labute approximate surface area is 186 Å². The number of fused-ring (bicyclic) bond motifs is 3. The maximum absolute atomic E-state index is 13.5. The molecule has 7 heteroatoms. The number of nitrogens with zero attached hydrogens (tertiary/aromatic N) is 5. The quantitative estimate of drug-likeness (QED) is 0.447. The summed E-state index contributed by atoms with van der Waals surface area (Å²) in [4.78, 5) is 15.9. The Hall–Kier alpha value is -2.77. The molecule has 0 radical (unpaired) electrons. The van der Waals surface area contributed by atoms with Crippen molar-refractivity contribution in [2.24, 2.45) is 5.92 Å². The van der Waals surface area contributed by atoms with Crippen LogP contribution in [0.15, 0.2) is 53.3 Å². The van der Waals surface area contributed by atoms with E-state index in [1.54, 1.807) is 4.57 Å². The molecular formula is C24H27N5OS. The molecule has 0 N–H and O–H groups in total. The molecule has 0 amide bonds. The minimum atomic E-state index is -0.0775. The molecule has 31 heavy (non-hydrogen) atoms. The Bertz CT molecular complexity index is 1360. The van der Waals surface area contributed by atoms with Crippen LogP contribution < -0.4 is 5.56 Å². The minimum absolute atomic E-state index is 0.0775. The van der Waals surface area contributed by atoms with Gasteiger partial charge in [0.1, 0.15) is 0 Å². The Morgan fingerprint density at radius 3 is 2.48 bits per heavy atom. The summed E-state index contributed by atoms with van der Waals surface area (Å²) in [5, 5.41) is 5.49. The average Bonchev–Trinajstić information content (AvgIpc) is 3.11. The highest BCUT2D eigenvalue weighted by Gasteiger charge is 2.20. The fourth-order valence-corrected chi connectivity index (χ4v) is 4.69. The van der Waals surface area contributed by atoms with Gasteiger partial charge in [0.25, 0.3) is 5.56 Å². The average molecular weight is 434 g/mol.